The number of hydrogen-bond donors (Lipinski definition) is 3. The van der Waals surface area contributed by atoms with E-state index in [9.17, 15) is 9.18 Å². The van der Waals surface area contributed by atoms with E-state index in [4.69, 9.17) is 20.1 Å². The number of ether oxygens (including phenoxy) is 1. The number of thiol groups is 1. The molecule has 0 bridgehead atoms. The highest BCUT2D eigenvalue weighted by atomic mass is 32.1. The lowest BCUT2D eigenvalue weighted by molar-refractivity contribution is -0.340. The maximum atomic E-state index is 14.4. The number of aliphatic imine (C=N–C) groups is 2. The SMILES string of the molecule is CN.CON(C)OCCCCCC(=O)OCC(N)=NC(Cc1cc(C)ccc1C)=Nc1ccc(S)cc1F. The van der Waals surface area contributed by atoms with Crippen molar-refractivity contribution in [3.63, 3.8) is 0 Å². The average molecular weight is 550 g/mol. The first kappa shape index (κ1) is 33.2. The van der Waals surface area contributed by atoms with Crippen LogP contribution in [0.3, 0.4) is 0 Å². The number of hydrogen-bond acceptors (Lipinski definition) is 8. The predicted molar refractivity (Wildman–Crippen MR) is 152 cm³/mol. The number of esters is 1. The summed E-state index contributed by atoms with van der Waals surface area (Å²) in [7, 11) is 4.68. The highest BCUT2D eigenvalue weighted by molar-refractivity contribution is 7.80. The van der Waals surface area contributed by atoms with Gasteiger partial charge in [-0.3, -0.25) is 14.5 Å². The topological polar surface area (TPSA) is 125 Å². The van der Waals surface area contributed by atoms with Gasteiger partial charge in [0.2, 0.25) is 0 Å². The summed E-state index contributed by atoms with van der Waals surface area (Å²) in [5.41, 5.74) is 13.8. The van der Waals surface area contributed by atoms with Crippen molar-refractivity contribution in [2.45, 2.75) is 50.8 Å². The van der Waals surface area contributed by atoms with Crippen molar-refractivity contribution in [2.75, 3.05) is 34.4 Å². The maximum Gasteiger partial charge on any atom is 0.306 e. The van der Waals surface area contributed by atoms with E-state index in [0.29, 0.717) is 30.2 Å². The number of nitrogens with two attached hydrogens (primary N) is 2. The molecule has 2 aromatic carbocycles. The normalized spacial score (nSPS) is 11.8. The summed E-state index contributed by atoms with van der Waals surface area (Å²) < 4.78 is 19.7. The predicted octanol–water partition coefficient (Wildman–Crippen LogP) is 4.46. The van der Waals surface area contributed by atoms with Gasteiger partial charge in [0.25, 0.3) is 0 Å². The molecule has 2 rings (SSSR count). The van der Waals surface area contributed by atoms with Crippen molar-refractivity contribution >= 4 is 36.0 Å². The van der Waals surface area contributed by atoms with Crippen molar-refractivity contribution in [1.82, 2.24) is 5.23 Å². The fraction of sp³-hybridized carbons (Fsp3) is 0.444. The molecule has 11 heteroatoms. The van der Waals surface area contributed by atoms with E-state index in [0.717, 1.165) is 29.5 Å². The van der Waals surface area contributed by atoms with E-state index in [1.54, 1.807) is 13.1 Å². The number of benzene rings is 2. The van der Waals surface area contributed by atoms with E-state index >= 15 is 0 Å². The summed E-state index contributed by atoms with van der Waals surface area (Å²) in [5, 5.41) is 1.28. The Morgan fingerprint density at radius 3 is 2.53 bits per heavy atom. The van der Waals surface area contributed by atoms with E-state index in [2.05, 4.69) is 28.3 Å². The lowest BCUT2D eigenvalue weighted by Gasteiger charge is -2.12. The van der Waals surface area contributed by atoms with Crippen LogP contribution in [0.25, 0.3) is 0 Å². The third-order valence-corrected chi connectivity index (χ3v) is 5.52. The van der Waals surface area contributed by atoms with Gasteiger partial charge in [0, 0.05) is 24.8 Å². The van der Waals surface area contributed by atoms with Crippen LogP contribution in [-0.4, -0.2) is 57.3 Å². The molecule has 0 saturated heterocycles. The van der Waals surface area contributed by atoms with Crippen LogP contribution in [-0.2, 0) is 25.6 Å². The van der Waals surface area contributed by atoms with Gasteiger partial charge in [0.15, 0.2) is 0 Å². The van der Waals surface area contributed by atoms with Crippen molar-refractivity contribution in [3.8, 4) is 0 Å². The van der Waals surface area contributed by atoms with Crippen molar-refractivity contribution in [1.29, 1.82) is 0 Å². The molecule has 9 nitrogen and oxygen atoms in total. The molecule has 0 radical (unpaired) electrons. The molecule has 4 N–H and O–H groups in total. The molecule has 0 spiro atoms. The second-order valence-corrected chi connectivity index (χ2v) is 8.82. The summed E-state index contributed by atoms with van der Waals surface area (Å²) in [6, 6.07) is 10.5. The highest BCUT2D eigenvalue weighted by Gasteiger charge is 2.10. The van der Waals surface area contributed by atoms with E-state index in [-0.39, 0.29) is 30.5 Å². The van der Waals surface area contributed by atoms with Gasteiger partial charge in [0.1, 0.15) is 29.8 Å². The Morgan fingerprint density at radius 2 is 1.84 bits per heavy atom. The third-order valence-electron chi connectivity index (χ3n) is 5.24. The summed E-state index contributed by atoms with van der Waals surface area (Å²) in [4.78, 5) is 31.4. The lowest BCUT2D eigenvalue weighted by atomic mass is 10.0. The summed E-state index contributed by atoms with van der Waals surface area (Å²) in [6.45, 7) is 4.30. The van der Waals surface area contributed by atoms with E-state index in [1.165, 1.54) is 31.5 Å². The Hall–Kier alpha value is -2.83. The van der Waals surface area contributed by atoms with Gasteiger partial charge in [0.05, 0.1) is 13.7 Å². The first-order chi connectivity index (χ1) is 18.2. The minimum absolute atomic E-state index is 0.0784. The second-order valence-electron chi connectivity index (χ2n) is 8.30. The molecule has 0 heterocycles. The number of aryl methyl sites for hydroxylation is 2. The van der Waals surface area contributed by atoms with Gasteiger partial charge in [-0.2, -0.15) is 0 Å². The van der Waals surface area contributed by atoms with Crippen LogP contribution in [0.2, 0.25) is 0 Å². The molecule has 0 fully saturated rings. The fourth-order valence-corrected chi connectivity index (χ4v) is 3.40. The monoisotopic (exact) mass is 549 g/mol. The molecule has 0 amide bonds. The minimum atomic E-state index is -0.513. The van der Waals surface area contributed by atoms with Gasteiger partial charge >= 0.3 is 5.97 Å². The molecule has 0 unspecified atom stereocenters. The van der Waals surface area contributed by atoms with Crippen LogP contribution in [0.4, 0.5) is 10.1 Å². The highest BCUT2D eigenvalue weighted by Crippen LogP contribution is 2.22. The van der Waals surface area contributed by atoms with Crippen molar-refractivity contribution in [2.24, 2.45) is 21.5 Å². The first-order valence-electron chi connectivity index (χ1n) is 12.3. The van der Waals surface area contributed by atoms with Crippen LogP contribution in [0, 0.1) is 19.7 Å². The molecule has 0 saturated carbocycles. The van der Waals surface area contributed by atoms with Crippen LogP contribution < -0.4 is 11.5 Å². The number of carbonyl (C=O) groups excluding carboxylic acids is 1. The number of nitrogens with zero attached hydrogens (tertiary/aromatic N) is 3. The van der Waals surface area contributed by atoms with Crippen molar-refractivity contribution in [3.05, 3.63) is 58.9 Å². The lowest BCUT2D eigenvalue weighted by Crippen LogP contribution is -2.23. The Labute approximate surface area is 230 Å². The zero-order valence-corrected chi connectivity index (χ0v) is 23.8. The van der Waals surface area contributed by atoms with Crippen LogP contribution in [0.5, 0.6) is 0 Å². The van der Waals surface area contributed by atoms with Gasteiger partial charge < -0.3 is 16.2 Å². The largest absolute Gasteiger partial charge is 0.458 e. The Morgan fingerprint density at radius 1 is 1.11 bits per heavy atom. The number of amidine groups is 2. The van der Waals surface area contributed by atoms with Crippen molar-refractivity contribution < 1.29 is 23.6 Å². The molecule has 0 aliphatic heterocycles. The first-order valence-corrected chi connectivity index (χ1v) is 12.7. The van der Waals surface area contributed by atoms with E-state index < -0.39 is 5.82 Å². The standard InChI is InChI=1S/C26H35FN4O4S.CH5N/c1-18-9-10-19(2)20(14-18)15-25(29-23-12-11-21(36)16-22(23)27)30-24(28)17-34-26(32)8-6-5-7-13-35-31(3)33-4;1-2/h9-12,14,16,36H,5-8,13,15,17H2,1-4H3,(H2,28,29,30);2H2,1H3. The summed E-state index contributed by atoms with van der Waals surface area (Å²) in [6.07, 6.45) is 2.85. The summed E-state index contributed by atoms with van der Waals surface area (Å²) >= 11 is 4.15. The number of carbonyl (C=O) groups is 1. The smallest absolute Gasteiger partial charge is 0.306 e. The zero-order chi connectivity index (χ0) is 28.5. The van der Waals surface area contributed by atoms with Gasteiger partial charge in [-0.1, -0.05) is 35.4 Å². The van der Waals surface area contributed by atoms with Gasteiger partial charge in [-0.25, -0.2) is 14.4 Å². The van der Waals surface area contributed by atoms with E-state index in [1.807, 2.05) is 32.0 Å². The Kier molecular flexibility index (Phi) is 16.1. The molecule has 0 atom stereocenters. The van der Waals surface area contributed by atoms with Crippen LogP contribution >= 0.6 is 12.6 Å². The third kappa shape index (κ3) is 13.1. The number of halogens is 1. The quantitative estimate of drug-likeness (QED) is 0.0841. The molecule has 0 aliphatic carbocycles. The van der Waals surface area contributed by atoms with Gasteiger partial charge in [-0.15, -0.1) is 12.6 Å². The molecule has 0 aromatic heterocycles. The molecule has 210 valence electrons. The Balaban J connectivity index is 0.00000352. The molecular formula is C27H40FN5O4S. The Bertz CT molecular complexity index is 1080. The minimum Gasteiger partial charge on any atom is -0.458 e. The maximum absolute atomic E-state index is 14.4. The van der Waals surface area contributed by atoms with Gasteiger partial charge in [-0.05, 0) is 63.1 Å². The summed E-state index contributed by atoms with van der Waals surface area (Å²) in [5.74, 6) is -0.495. The molecular weight excluding hydrogens is 509 g/mol. The molecule has 2 aromatic rings. The molecule has 0 aliphatic rings. The van der Waals surface area contributed by atoms with Crippen LogP contribution in [0.15, 0.2) is 51.3 Å². The fourth-order valence-electron chi connectivity index (χ4n) is 3.21. The number of unbranched alkanes of at least 4 members (excludes halogenated alkanes) is 2. The average Bonchev–Trinajstić information content (AvgIpc) is 2.89. The number of rotatable bonds is 13. The second kappa shape index (κ2) is 18.4. The zero-order valence-electron chi connectivity index (χ0n) is 22.9. The molecule has 38 heavy (non-hydrogen) atoms. The van der Waals surface area contributed by atoms with Crippen LogP contribution in [0.1, 0.15) is 42.4 Å². The number of hydroxylamine groups is 2.